The van der Waals surface area contributed by atoms with Crippen LogP contribution in [0.25, 0.3) is 5.70 Å². The molecule has 172 valence electrons. The number of nitrogens with one attached hydrogen (secondary N) is 3. The van der Waals surface area contributed by atoms with Crippen LogP contribution in [-0.4, -0.2) is 31.4 Å². The van der Waals surface area contributed by atoms with Crippen LogP contribution in [0.1, 0.15) is 75.0 Å². The number of rotatable bonds is 8. The van der Waals surface area contributed by atoms with Gasteiger partial charge in [-0.25, -0.2) is 0 Å². The molecule has 2 saturated carbocycles. The van der Waals surface area contributed by atoms with Crippen molar-refractivity contribution < 1.29 is 0 Å². The Morgan fingerprint density at radius 2 is 1.94 bits per heavy atom. The molecule has 1 unspecified atom stereocenters. The summed E-state index contributed by atoms with van der Waals surface area (Å²) in [6.07, 6.45) is 16.0. The zero-order chi connectivity index (χ0) is 22.1. The number of hydrogen-bond donors (Lipinski definition) is 3. The Morgan fingerprint density at radius 1 is 1.16 bits per heavy atom. The van der Waals surface area contributed by atoms with Gasteiger partial charge in [-0.15, -0.1) is 0 Å². The van der Waals surface area contributed by atoms with Gasteiger partial charge in [0.15, 0.2) is 0 Å². The van der Waals surface area contributed by atoms with Crippen LogP contribution < -0.4 is 15.5 Å². The number of fused-ring (bicyclic) bond motifs is 1. The summed E-state index contributed by atoms with van der Waals surface area (Å²) in [5, 5.41) is 15.2. The largest absolute Gasteiger partial charge is 0.382 e. The molecule has 0 aromatic heterocycles. The molecular weight excluding hydrogens is 392 g/mol. The van der Waals surface area contributed by atoms with E-state index >= 15 is 0 Å². The molecule has 0 spiro atoms. The van der Waals surface area contributed by atoms with E-state index in [9.17, 15) is 0 Å². The second kappa shape index (κ2) is 9.43. The first-order valence-electron chi connectivity index (χ1n) is 13.0. The molecule has 0 bridgehead atoms. The maximum Gasteiger partial charge on any atom is 0.0446 e. The zero-order valence-electron chi connectivity index (χ0n) is 19.8. The predicted octanol–water partition coefficient (Wildman–Crippen LogP) is 5.43. The SMILES string of the molecule is C=C(C1CC1)N1c2ccc(/C(=C/C=N)NC3CCNCC3)c(CC3CCC3)c2CCC1C. The van der Waals surface area contributed by atoms with E-state index in [-0.39, 0.29) is 0 Å². The Kier molecular flexibility index (Phi) is 6.41. The van der Waals surface area contributed by atoms with Gasteiger partial charge in [0.05, 0.1) is 0 Å². The van der Waals surface area contributed by atoms with Gasteiger partial charge in [-0.1, -0.05) is 31.9 Å². The van der Waals surface area contributed by atoms with Gasteiger partial charge in [-0.2, -0.15) is 0 Å². The quantitative estimate of drug-likeness (QED) is 0.480. The lowest BCUT2D eigenvalue weighted by molar-refractivity contribution is 0.313. The summed E-state index contributed by atoms with van der Waals surface area (Å²) < 4.78 is 0. The number of benzene rings is 1. The third kappa shape index (κ3) is 4.39. The molecule has 0 amide bonds. The van der Waals surface area contributed by atoms with Crippen LogP contribution in [-0.2, 0) is 12.8 Å². The number of allylic oxidation sites excluding steroid dienone is 2. The van der Waals surface area contributed by atoms with Crippen molar-refractivity contribution >= 4 is 17.6 Å². The Balaban J connectivity index is 1.53. The highest BCUT2D eigenvalue weighted by Gasteiger charge is 2.35. The Morgan fingerprint density at radius 3 is 2.59 bits per heavy atom. The van der Waals surface area contributed by atoms with E-state index in [4.69, 9.17) is 5.41 Å². The van der Waals surface area contributed by atoms with E-state index in [2.05, 4.69) is 41.2 Å². The predicted molar refractivity (Wildman–Crippen MR) is 135 cm³/mol. The van der Waals surface area contributed by atoms with Crippen molar-refractivity contribution in [2.75, 3.05) is 18.0 Å². The van der Waals surface area contributed by atoms with Gasteiger partial charge in [0, 0.05) is 40.9 Å². The Hall–Kier alpha value is -2.07. The van der Waals surface area contributed by atoms with Crippen molar-refractivity contribution in [1.82, 2.24) is 10.6 Å². The van der Waals surface area contributed by atoms with E-state index in [0.29, 0.717) is 18.0 Å². The first-order chi connectivity index (χ1) is 15.7. The number of nitrogens with zero attached hydrogens (tertiary/aromatic N) is 1. The first kappa shape index (κ1) is 21.8. The van der Waals surface area contributed by atoms with Gasteiger partial charge < -0.3 is 20.9 Å². The number of anilines is 1. The van der Waals surface area contributed by atoms with Crippen molar-refractivity contribution in [3.8, 4) is 0 Å². The minimum atomic E-state index is 0.487. The lowest BCUT2D eigenvalue weighted by atomic mass is 9.77. The van der Waals surface area contributed by atoms with Gasteiger partial charge in [0.2, 0.25) is 0 Å². The van der Waals surface area contributed by atoms with Crippen LogP contribution in [0.5, 0.6) is 0 Å². The molecule has 1 aromatic rings. The van der Waals surface area contributed by atoms with Gasteiger partial charge in [0.25, 0.3) is 0 Å². The van der Waals surface area contributed by atoms with Gasteiger partial charge in [-0.05, 0) is 100 Å². The van der Waals surface area contributed by atoms with Crippen LogP contribution in [0.15, 0.2) is 30.5 Å². The highest BCUT2D eigenvalue weighted by Crippen LogP contribution is 2.45. The lowest BCUT2D eigenvalue weighted by Gasteiger charge is -2.41. The van der Waals surface area contributed by atoms with E-state index in [1.165, 1.54) is 68.1 Å². The highest BCUT2D eigenvalue weighted by molar-refractivity contribution is 5.84. The zero-order valence-corrected chi connectivity index (χ0v) is 19.8. The second-order valence-corrected chi connectivity index (χ2v) is 10.5. The maximum atomic E-state index is 7.84. The van der Waals surface area contributed by atoms with Gasteiger partial charge in [-0.3, -0.25) is 0 Å². The molecule has 1 saturated heterocycles. The van der Waals surface area contributed by atoms with E-state index in [0.717, 1.165) is 44.0 Å². The summed E-state index contributed by atoms with van der Waals surface area (Å²) in [5.41, 5.74) is 8.33. The molecule has 4 aliphatic rings. The van der Waals surface area contributed by atoms with Crippen LogP contribution in [0.4, 0.5) is 5.69 Å². The minimum absolute atomic E-state index is 0.487. The Bertz CT molecular complexity index is 887. The summed E-state index contributed by atoms with van der Waals surface area (Å²) in [6.45, 7) is 9.06. The van der Waals surface area contributed by atoms with Gasteiger partial charge in [0.1, 0.15) is 0 Å². The molecule has 1 atom stereocenters. The van der Waals surface area contributed by atoms with Gasteiger partial charge >= 0.3 is 0 Å². The van der Waals surface area contributed by atoms with Crippen LogP contribution >= 0.6 is 0 Å². The van der Waals surface area contributed by atoms with Crippen molar-refractivity contribution in [3.05, 3.63) is 47.2 Å². The fourth-order valence-corrected chi connectivity index (χ4v) is 5.91. The second-order valence-electron chi connectivity index (χ2n) is 10.5. The molecule has 32 heavy (non-hydrogen) atoms. The highest BCUT2D eigenvalue weighted by atomic mass is 15.2. The number of piperidine rings is 1. The van der Waals surface area contributed by atoms with Crippen LogP contribution in [0.3, 0.4) is 0 Å². The molecular formula is C28H40N4. The molecule has 0 radical (unpaired) electrons. The van der Waals surface area contributed by atoms with E-state index in [1.54, 1.807) is 11.1 Å². The molecule has 2 aliphatic heterocycles. The molecule has 5 rings (SSSR count). The number of hydrogen-bond acceptors (Lipinski definition) is 4. The van der Waals surface area contributed by atoms with Crippen LogP contribution in [0.2, 0.25) is 0 Å². The normalized spacial score (nSPS) is 24.6. The molecule has 3 N–H and O–H groups in total. The van der Waals surface area contributed by atoms with Crippen molar-refractivity contribution in [2.45, 2.75) is 83.2 Å². The van der Waals surface area contributed by atoms with Crippen molar-refractivity contribution in [3.63, 3.8) is 0 Å². The lowest BCUT2D eigenvalue weighted by Crippen LogP contribution is -2.40. The molecule has 4 heteroatoms. The summed E-state index contributed by atoms with van der Waals surface area (Å²) >= 11 is 0. The van der Waals surface area contributed by atoms with Crippen LogP contribution in [0, 0.1) is 17.2 Å². The molecule has 2 aliphatic carbocycles. The summed E-state index contributed by atoms with van der Waals surface area (Å²) in [6, 6.07) is 5.73. The monoisotopic (exact) mass is 432 g/mol. The van der Waals surface area contributed by atoms with Crippen molar-refractivity contribution in [2.24, 2.45) is 11.8 Å². The molecule has 1 aromatic carbocycles. The summed E-state index contributed by atoms with van der Waals surface area (Å²) in [7, 11) is 0. The molecule has 2 heterocycles. The fraction of sp³-hybridized carbons (Fsp3) is 0.607. The Labute approximate surface area is 194 Å². The minimum Gasteiger partial charge on any atom is -0.382 e. The fourth-order valence-electron chi connectivity index (χ4n) is 5.91. The first-order valence-corrected chi connectivity index (χ1v) is 13.0. The standard InChI is InChI=1S/C28H40N4/c1-19-6-9-25-26(18-21-4-3-5-21)24(10-11-28(25)32(19)20(2)22-7-8-22)27(12-15-29)31-23-13-16-30-17-14-23/h10-12,15,19,21-23,29-31H,2-9,13-14,16-18H2,1H3/b27-12-,29-15?. The molecule has 4 nitrogen and oxygen atoms in total. The summed E-state index contributed by atoms with van der Waals surface area (Å²) in [5.74, 6) is 1.51. The summed E-state index contributed by atoms with van der Waals surface area (Å²) in [4.78, 5) is 2.57. The van der Waals surface area contributed by atoms with Crippen molar-refractivity contribution in [1.29, 1.82) is 5.41 Å². The third-order valence-corrected chi connectivity index (χ3v) is 8.23. The third-order valence-electron chi connectivity index (χ3n) is 8.23. The maximum absolute atomic E-state index is 7.84. The average molecular weight is 433 g/mol. The van der Waals surface area contributed by atoms with E-state index < -0.39 is 0 Å². The topological polar surface area (TPSA) is 51.2 Å². The average Bonchev–Trinajstić information content (AvgIpc) is 3.61. The van der Waals surface area contributed by atoms with E-state index in [1.807, 2.05) is 6.08 Å². The molecule has 3 fully saturated rings. The smallest absolute Gasteiger partial charge is 0.0446 e.